The van der Waals surface area contributed by atoms with Crippen molar-refractivity contribution in [1.29, 1.82) is 0 Å². The lowest BCUT2D eigenvalue weighted by atomic mass is 9.97. The summed E-state index contributed by atoms with van der Waals surface area (Å²) in [6, 6.07) is 13.4. The van der Waals surface area contributed by atoms with Crippen LogP contribution in [-0.2, 0) is 42.9 Å². The molecule has 2 fully saturated rings. The van der Waals surface area contributed by atoms with Crippen LogP contribution in [-0.4, -0.2) is 73.3 Å². The monoisotopic (exact) mass is 602 g/mol. The zero-order chi connectivity index (χ0) is 29.6. The van der Waals surface area contributed by atoms with Gasteiger partial charge in [0.15, 0.2) is 15.6 Å². The highest BCUT2D eigenvalue weighted by molar-refractivity contribution is 7.90. The molecule has 2 aliphatic rings. The summed E-state index contributed by atoms with van der Waals surface area (Å²) in [5.74, 6) is -2.62. The van der Waals surface area contributed by atoms with Gasteiger partial charge in [0.25, 0.3) is 0 Å². The van der Waals surface area contributed by atoms with Crippen molar-refractivity contribution in [2.24, 2.45) is 17.4 Å². The summed E-state index contributed by atoms with van der Waals surface area (Å²) in [5.41, 5.74) is 14.2. The number of Topliss-reactive ketones (excluding diaryl/α,β-unsaturated/α-hetero) is 1. The second kappa shape index (κ2) is 13.9. The van der Waals surface area contributed by atoms with Gasteiger partial charge in [-0.3, -0.25) is 14.4 Å². The number of rotatable bonds is 12. The molecular weight excluding hydrogens is 564 g/mol. The first-order valence-corrected chi connectivity index (χ1v) is 16.3. The van der Waals surface area contributed by atoms with Crippen molar-refractivity contribution in [2.75, 3.05) is 25.4 Å². The molecular formula is C30H39ClN4O5S. The lowest BCUT2D eigenvalue weighted by molar-refractivity contribution is -0.143. The first kappa shape index (κ1) is 31.2. The molecule has 0 spiro atoms. The molecule has 3 atom stereocenters. The molecule has 11 heteroatoms. The van der Waals surface area contributed by atoms with E-state index in [9.17, 15) is 22.8 Å². The molecule has 2 saturated heterocycles. The molecule has 4 N–H and O–H groups in total. The molecule has 2 heterocycles. The molecule has 2 amide bonds. The van der Waals surface area contributed by atoms with Crippen molar-refractivity contribution in [2.45, 2.75) is 62.9 Å². The number of aryl methyl sites for hydroxylation is 1. The first-order valence-electron chi connectivity index (χ1n) is 14.1. The maximum absolute atomic E-state index is 13.9. The molecule has 0 unspecified atom stereocenters. The van der Waals surface area contributed by atoms with Crippen LogP contribution in [0, 0.1) is 5.92 Å². The number of halogens is 1. The second-order valence-corrected chi connectivity index (χ2v) is 13.6. The average molecular weight is 603 g/mol. The van der Waals surface area contributed by atoms with Crippen LogP contribution in [0.3, 0.4) is 0 Å². The van der Waals surface area contributed by atoms with Crippen molar-refractivity contribution in [3.05, 3.63) is 70.2 Å². The van der Waals surface area contributed by atoms with Crippen molar-refractivity contribution >= 4 is 39.0 Å². The van der Waals surface area contributed by atoms with Crippen LogP contribution in [0.15, 0.2) is 48.5 Å². The summed E-state index contributed by atoms with van der Waals surface area (Å²) in [6.07, 6.45) is 2.20. The van der Waals surface area contributed by atoms with E-state index in [1.54, 1.807) is 47.4 Å². The largest absolute Gasteiger partial charge is 0.341 e. The van der Waals surface area contributed by atoms with E-state index in [0.29, 0.717) is 62.4 Å². The Morgan fingerprint density at radius 1 is 1.02 bits per heavy atom. The number of carbonyl (C=O) groups excluding carboxylic acids is 3. The summed E-state index contributed by atoms with van der Waals surface area (Å²) in [6.45, 7) is 1.54. The molecule has 4 rings (SSSR count). The van der Waals surface area contributed by atoms with Gasteiger partial charge in [0, 0.05) is 50.1 Å². The number of benzene rings is 2. The van der Waals surface area contributed by atoms with Crippen LogP contribution < -0.4 is 11.5 Å². The Kier molecular flexibility index (Phi) is 10.6. The Balaban J connectivity index is 1.49. The summed E-state index contributed by atoms with van der Waals surface area (Å²) in [4.78, 5) is 43.5. The van der Waals surface area contributed by atoms with Crippen molar-refractivity contribution < 1.29 is 22.8 Å². The molecule has 0 aromatic heterocycles. The molecule has 9 nitrogen and oxygen atoms in total. The number of ketones is 1. The van der Waals surface area contributed by atoms with Crippen molar-refractivity contribution in [1.82, 2.24) is 9.80 Å². The van der Waals surface area contributed by atoms with Gasteiger partial charge in [-0.15, -0.1) is 0 Å². The van der Waals surface area contributed by atoms with E-state index in [1.807, 2.05) is 6.07 Å². The molecule has 0 saturated carbocycles. The number of sulfone groups is 1. The minimum Gasteiger partial charge on any atom is -0.341 e. The number of carbonyl (C=O) groups is 3. The van der Waals surface area contributed by atoms with Gasteiger partial charge in [-0.25, -0.2) is 8.42 Å². The Hall–Kier alpha value is -2.79. The van der Waals surface area contributed by atoms with Crippen LogP contribution in [0.25, 0.3) is 0 Å². The normalized spacial score (nSPS) is 19.9. The second-order valence-electron chi connectivity index (χ2n) is 11.1. The van der Waals surface area contributed by atoms with E-state index >= 15 is 0 Å². The highest BCUT2D eigenvalue weighted by Crippen LogP contribution is 2.26. The molecule has 2 aliphatic heterocycles. The van der Waals surface area contributed by atoms with E-state index in [4.69, 9.17) is 23.1 Å². The number of hydrogen-bond donors (Lipinski definition) is 2. The maximum Gasteiger partial charge on any atom is 0.227 e. The lowest BCUT2D eigenvalue weighted by Gasteiger charge is -2.29. The smallest absolute Gasteiger partial charge is 0.227 e. The summed E-state index contributed by atoms with van der Waals surface area (Å²) >= 11 is 6.15. The summed E-state index contributed by atoms with van der Waals surface area (Å²) in [7, 11) is -3.74. The predicted octanol–water partition coefficient (Wildman–Crippen LogP) is 2.47. The van der Waals surface area contributed by atoms with Crippen molar-refractivity contribution in [3.8, 4) is 0 Å². The number of nitrogens with zero attached hydrogens (tertiary/aromatic N) is 2. The van der Waals surface area contributed by atoms with Gasteiger partial charge in [-0.05, 0) is 54.5 Å². The van der Waals surface area contributed by atoms with E-state index < -0.39 is 33.5 Å². The van der Waals surface area contributed by atoms with Crippen LogP contribution in [0.4, 0.5) is 0 Å². The van der Waals surface area contributed by atoms with Gasteiger partial charge in [-0.1, -0.05) is 48.0 Å². The highest BCUT2D eigenvalue weighted by atomic mass is 35.5. The van der Waals surface area contributed by atoms with Crippen LogP contribution >= 0.6 is 11.6 Å². The van der Waals surface area contributed by atoms with Crippen LogP contribution in [0.5, 0.6) is 0 Å². The molecule has 41 heavy (non-hydrogen) atoms. The van der Waals surface area contributed by atoms with E-state index in [0.717, 1.165) is 11.1 Å². The lowest BCUT2D eigenvalue weighted by Crippen LogP contribution is -2.46. The third kappa shape index (κ3) is 8.38. The Bertz CT molecular complexity index is 1350. The third-order valence-corrected chi connectivity index (χ3v) is 9.89. The van der Waals surface area contributed by atoms with Gasteiger partial charge in [0.1, 0.15) is 0 Å². The van der Waals surface area contributed by atoms with E-state index in [-0.39, 0.29) is 36.3 Å². The fourth-order valence-corrected chi connectivity index (χ4v) is 7.70. The fraction of sp³-hybridized carbons (Fsp3) is 0.500. The molecule has 0 radical (unpaired) electrons. The maximum atomic E-state index is 13.9. The van der Waals surface area contributed by atoms with Crippen LogP contribution in [0.2, 0.25) is 5.02 Å². The molecule has 0 bridgehead atoms. The predicted molar refractivity (Wildman–Crippen MR) is 159 cm³/mol. The molecule has 2 aromatic carbocycles. The quantitative estimate of drug-likeness (QED) is 0.380. The van der Waals surface area contributed by atoms with Gasteiger partial charge >= 0.3 is 0 Å². The number of nitrogens with two attached hydrogens (primary N) is 2. The Morgan fingerprint density at radius 3 is 2.46 bits per heavy atom. The van der Waals surface area contributed by atoms with Gasteiger partial charge in [-0.2, -0.15) is 0 Å². The zero-order valence-corrected chi connectivity index (χ0v) is 24.8. The molecule has 0 aliphatic carbocycles. The van der Waals surface area contributed by atoms with E-state index in [2.05, 4.69) is 0 Å². The fourth-order valence-electron chi connectivity index (χ4n) is 5.82. The standard InChI is InChI=1S/C30H39ClN4O5S/c31-25-10-8-23(17-32)22(15-25)9-11-28(36)27-7-4-13-35(27)30(38)24(16-29(37)34-14-12-26(33)18-34)20-41(39,40)19-21-5-2-1-3-6-21/h1-3,5-6,8,10,15,24,26-27H,4,7,9,11-14,16-20,32-33H2/t24-,26-,27-/m0/s1. The highest BCUT2D eigenvalue weighted by Gasteiger charge is 2.40. The van der Waals surface area contributed by atoms with Crippen LogP contribution in [0.1, 0.15) is 48.8 Å². The van der Waals surface area contributed by atoms with Gasteiger partial charge in [0.05, 0.1) is 23.5 Å². The molecule has 222 valence electrons. The minimum absolute atomic E-state index is 0.0958. The Morgan fingerprint density at radius 2 is 1.78 bits per heavy atom. The van der Waals surface area contributed by atoms with Gasteiger partial charge in [0.2, 0.25) is 11.8 Å². The van der Waals surface area contributed by atoms with Gasteiger partial charge < -0.3 is 21.3 Å². The SMILES string of the molecule is NCc1ccc(Cl)cc1CCC(=O)[C@@H]1CCCN1C(=O)[C@@H](CC(=O)N1CC[C@H](N)C1)CS(=O)(=O)Cc1ccccc1. The average Bonchev–Trinajstić information content (AvgIpc) is 3.61. The third-order valence-electron chi connectivity index (χ3n) is 7.97. The minimum atomic E-state index is -3.74. The topological polar surface area (TPSA) is 144 Å². The summed E-state index contributed by atoms with van der Waals surface area (Å²) < 4.78 is 26.5. The Labute approximate surface area is 247 Å². The molecule has 2 aromatic rings. The van der Waals surface area contributed by atoms with Crippen molar-refractivity contribution in [3.63, 3.8) is 0 Å². The zero-order valence-electron chi connectivity index (χ0n) is 23.2. The van der Waals surface area contributed by atoms with E-state index in [1.165, 1.54) is 4.90 Å². The number of hydrogen-bond acceptors (Lipinski definition) is 7. The summed E-state index contributed by atoms with van der Waals surface area (Å²) in [5, 5.41) is 0.561. The first-order chi connectivity index (χ1) is 19.6. The number of likely N-dealkylation sites (tertiary alicyclic amines) is 2. The number of amides is 2.